The van der Waals surface area contributed by atoms with Gasteiger partial charge in [-0.15, -0.1) is 0 Å². The van der Waals surface area contributed by atoms with Crippen molar-refractivity contribution in [2.24, 2.45) is 0 Å². The fraction of sp³-hybridized carbons (Fsp3) is 0.0667. The predicted molar refractivity (Wildman–Crippen MR) is 82.1 cm³/mol. The molecule has 3 rings (SSSR count). The third-order valence-electron chi connectivity index (χ3n) is 2.97. The summed E-state index contributed by atoms with van der Waals surface area (Å²) in [4.78, 5) is 16.1. The molecule has 1 aliphatic rings. The Morgan fingerprint density at radius 2 is 2.30 bits per heavy atom. The van der Waals surface area contributed by atoms with E-state index in [0.717, 1.165) is 16.8 Å². The Morgan fingerprint density at radius 1 is 1.35 bits per heavy atom. The summed E-state index contributed by atoms with van der Waals surface area (Å²) in [5.74, 6) is -0.0803. The summed E-state index contributed by atoms with van der Waals surface area (Å²) in [5.41, 5.74) is 3.70. The molecular weight excluding hydrogens is 270 g/mol. The van der Waals surface area contributed by atoms with Crippen LogP contribution in [0.3, 0.4) is 0 Å². The van der Waals surface area contributed by atoms with Crippen LogP contribution in [0, 0.1) is 0 Å². The van der Waals surface area contributed by atoms with Gasteiger partial charge in [-0.05, 0) is 58.8 Å². The highest BCUT2D eigenvalue weighted by Gasteiger charge is 2.10. The molecule has 20 heavy (non-hydrogen) atoms. The zero-order valence-corrected chi connectivity index (χ0v) is 11.5. The summed E-state index contributed by atoms with van der Waals surface area (Å²) in [6.07, 6.45) is 5.46. The van der Waals surface area contributed by atoms with Crippen molar-refractivity contribution in [2.45, 2.75) is 6.54 Å². The third-order valence-corrected chi connectivity index (χ3v) is 3.58. The maximum atomic E-state index is 12.1. The van der Waals surface area contributed by atoms with E-state index in [4.69, 9.17) is 0 Å². The summed E-state index contributed by atoms with van der Waals surface area (Å²) in [5, 5.41) is 4.85. The summed E-state index contributed by atoms with van der Waals surface area (Å²) in [6, 6.07) is 9.42. The number of rotatable bonds is 3. The number of carbonyl (C=O) groups excluding carboxylic acids is 1. The van der Waals surface area contributed by atoms with Gasteiger partial charge in [-0.2, -0.15) is 0 Å². The van der Waals surface area contributed by atoms with Gasteiger partial charge in [-0.1, -0.05) is 6.07 Å². The van der Waals surface area contributed by atoms with Crippen molar-refractivity contribution in [3.05, 3.63) is 64.8 Å². The molecule has 0 aliphatic carbocycles. The highest BCUT2D eigenvalue weighted by Crippen LogP contribution is 2.27. The largest absolute Gasteiger partial charge is 0.348 e. The molecule has 5 heteroatoms. The lowest BCUT2D eigenvalue weighted by atomic mass is 10.1. The van der Waals surface area contributed by atoms with E-state index >= 15 is 0 Å². The number of pyridine rings is 1. The number of carbonyl (C=O) groups is 1. The minimum absolute atomic E-state index is 0.0803. The minimum atomic E-state index is -0.0803. The van der Waals surface area contributed by atoms with Crippen LogP contribution in [0.5, 0.6) is 0 Å². The molecule has 4 nitrogen and oxygen atoms in total. The van der Waals surface area contributed by atoms with Crippen LogP contribution in [0.15, 0.2) is 48.1 Å². The first kappa shape index (κ1) is 12.7. The third kappa shape index (κ3) is 2.83. The number of nitrogens with one attached hydrogen (secondary N) is 2. The highest BCUT2D eigenvalue weighted by molar-refractivity contribution is 8.03. The molecule has 0 saturated heterocycles. The smallest absolute Gasteiger partial charge is 0.251 e. The van der Waals surface area contributed by atoms with Crippen LogP contribution in [0.4, 0.5) is 5.69 Å². The van der Waals surface area contributed by atoms with E-state index in [1.807, 2.05) is 41.8 Å². The Bertz CT molecular complexity index is 655. The van der Waals surface area contributed by atoms with Crippen molar-refractivity contribution >= 4 is 29.6 Å². The van der Waals surface area contributed by atoms with Crippen LogP contribution in [0.2, 0.25) is 0 Å². The summed E-state index contributed by atoms with van der Waals surface area (Å²) in [7, 11) is 0. The fourth-order valence-electron chi connectivity index (χ4n) is 1.93. The second-order valence-electron chi connectivity index (χ2n) is 4.37. The lowest BCUT2D eigenvalue weighted by molar-refractivity contribution is 0.0951. The molecule has 2 heterocycles. The molecule has 1 amide bonds. The van der Waals surface area contributed by atoms with Gasteiger partial charge in [0.2, 0.25) is 0 Å². The molecule has 0 spiro atoms. The van der Waals surface area contributed by atoms with E-state index in [9.17, 15) is 4.79 Å². The normalized spacial score (nSPS) is 12.4. The van der Waals surface area contributed by atoms with E-state index in [2.05, 4.69) is 15.0 Å². The number of hydrogen-bond donors (Lipinski definition) is 2. The fourth-order valence-corrected chi connectivity index (χ4v) is 2.52. The lowest BCUT2D eigenvalue weighted by Gasteiger charge is -2.13. The number of aromatic nitrogens is 1. The van der Waals surface area contributed by atoms with Crippen molar-refractivity contribution in [1.29, 1.82) is 0 Å². The van der Waals surface area contributed by atoms with E-state index in [-0.39, 0.29) is 5.91 Å². The topological polar surface area (TPSA) is 54.0 Å². The summed E-state index contributed by atoms with van der Waals surface area (Å²) in [6.45, 7) is 0.480. The second kappa shape index (κ2) is 5.79. The van der Waals surface area contributed by atoms with Crippen LogP contribution in [-0.2, 0) is 6.54 Å². The molecule has 0 saturated carbocycles. The van der Waals surface area contributed by atoms with E-state index in [1.165, 1.54) is 11.9 Å². The Balaban J connectivity index is 1.70. The zero-order chi connectivity index (χ0) is 13.8. The van der Waals surface area contributed by atoms with Crippen molar-refractivity contribution < 1.29 is 4.79 Å². The zero-order valence-electron chi connectivity index (χ0n) is 10.7. The Labute approximate surface area is 121 Å². The van der Waals surface area contributed by atoms with E-state index in [0.29, 0.717) is 12.1 Å². The van der Waals surface area contributed by atoms with E-state index < -0.39 is 0 Å². The summed E-state index contributed by atoms with van der Waals surface area (Å²) < 4.78 is 3.18. The Hall–Kier alpha value is -2.27. The van der Waals surface area contributed by atoms with Gasteiger partial charge < -0.3 is 10.0 Å². The molecule has 0 unspecified atom stereocenters. The highest BCUT2D eigenvalue weighted by atomic mass is 32.2. The number of anilines is 1. The molecule has 0 bridgehead atoms. The van der Waals surface area contributed by atoms with Gasteiger partial charge in [-0.3, -0.25) is 9.78 Å². The van der Waals surface area contributed by atoms with Crippen LogP contribution >= 0.6 is 11.9 Å². The Kier molecular flexibility index (Phi) is 3.69. The van der Waals surface area contributed by atoms with Crippen molar-refractivity contribution in [3.63, 3.8) is 0 Å². The van der Waals surface area contributed by atoms with Gasteiger partial charge >= 0.3 is 0 Å². The second-order valence-corrected chi connectivity index (χ2v) is 5.08. The molecule has 1 aromatic heterocycles. The number of hydrogen-bond acceptors (Lipinski definition) is 4. The van der Waals surface area contributed by atoms with Gasteiger partial charge in [0, 0.05) is 24.5 Å². The molecule has 1 aliphatic heterocycles. The SMILES string of the molecule is O=C(NCc1cccnc1)c1ccc2c(c1)C=CSN2. The Morgan fingerprint density at radius 3 is 3.15 bits per heavy atom. The molecule has 0 fully saturated rings. The van der Waals surface area contributed by atoms with Crippen molar-refractivity contribution in [3.8, 4) is 0 Å². The van der Waals surface area contributed by atoms with Gasteiger partial charge in [0.15, 0.2) is 0 Å². The maximum absolute atomic E-state index is 12.1. The van der Waals surface area contributed by atoms with Gasteiger partial charge in [-0.25, -0.2) is 0 Å². The molecule has 2 aromatic rings. The average Bonchev–Trinajstić information content (AvgIpc) is 2.53. The van der Waals surface area contributed by atoms with E-state index in [1.54, 1.807) is 12.4 Å². The average molecular weight is 283 g/mol. The standard InChI is InChI=1S/C15H13N3OS/c19-15(17-10-11-2-1-6-16-9-11)13-3-4-14-12(8-13)5-7-20-18-14/h1-9,18H,10H2,(H,17,19). The molecule has 0 radical (unpaired) electrons. The number of fused-ring (bicyclic) bond motifs is 1. The van der Waals surface area contributed by atoms with Crippen LogP contribution in [0.1, 0.15) is 21.5 Å². The summed E-state index contributed by atoms with van der Waals surface area (Å²) >= 11 is 1.52. The predicted octanol–water partition coefficient (Wildman–Crippen LogP) is 3.06. The number of amides is 1. The lowest BCUT2D eigenvalue weighted by Crippen LogP contribution is -2.23. The molecule has 2 N–H and O–H groups in total. The van der Waals surface area contributed by atoms with Gasteiger partial charge in [0.25, 0.3) is 5.91 Å². The first-order valence-electron chi connectivity index (χ1n) is 6.22. The number of nitrogens with zero attached hydrogens (tertiary/aromatic N) is 1. The van der Waals surface area contributed by atoms with Crippen molar-refractivity contribution in [1.82, 2.24) is 10.3 Å². The van der Waals surface area contributed by atoms with Crippen LogP contribution in [0.25, 0.3) is 6.08 Å². The molecule has 100 valence electrons. The molecule has 0 atom stereocenters. The van der Waals surface area contributed by atoms with Gasteiger partial charge in [0.1, 0.15) is 0 Å². The molecular formula is C15H13N3OS. The quantitative estimate of drug-likeness (QED) is 0.850. The monoisotopic (exact) mass is 283 g/mol. The van der Waals surface area contributed by atoms with Gasteiger partial charge in [0.05, 0.1) is 5.69 Å². The number of benzene rings is 1. The van der Waals surface area contributed by atoms with Crippen LogP contribution in [-0.4, -0.2) is 10.9 Å². The minimum Gasteiger partial charge on any atom is -0.348 e. The molecule has 1 aromatic carbocycles. The first-order valence-corrected chi connectivity index (χ1v) is 7.10. The first-order chi connectivity index (χ1) is 9.83. The van der Waals surface area contributed by atoms with Crippen LogP contribution < -0.4 is 10.0 Å². The van der Waals surface area contributed by atoms with Crippen molar-refractivity contribution in [2.75, 3.05) is 4.72 Å². The maximum Gasteiger partial charge on any atom is 0.251 e.